The Hall–Kier alpha value is -3.73. The molecule has 3 atom stereocenters. The first-order valence-electron chi connectivity index (χ1n) is 10.8. The van der Waals surface area contributed by atoms with Crippen molar-refractivity contribution in [3.8, 4) is 6.07 Å². The van der Waals surface area contributed by atoms with Gasteiger partial charge in [0, 0.05) is 0 Å². The molecule has 3 unspecified atom stereocenters. The number of hydrogen-bond donors (Lipinski definition) is 2. The van der Waals surface area contributed by atoms with Crippen LogP contribution in [0.1, 0.15) is 60.1 Å². The molecule has 170 valence electrons. The summed E-state index contributed by atoms with van der Waals surface area (Å²) in [6.07, 6.45) is 2.30. The van der Waals surface area contributed by atoms with E-state index in [4.69, 9.17) is 10.00 Å². The van der Waals surface area contributed by atoms with Gasteiger partial charge in [-0.1, -0.05) is 18.6 Å². The molecule has 33 heavy (non-hydrogen) atoms. The number of ether oxygens (including phenoxy) is 1. The number of nitrogens with one attached hydrogen (secondary N) is 2. The lowest BCUT2D eigenvalue weighted by Crippen LogP contribution is -2.32. The van der Waals surface area contributed by atoms with Crippen molar-refractivity contribution in [2.75, 3.05) is 12.4 Å². The van der Waals surface area contributed by atoms with Gasteiger partial charge >= 0.3 is 5.97 Å². The third kappa shape index (κ3) is 3.74. The number of carbonyl (C=O) groups excluding carboxylic acids is 3. The minimum absolute atomic E-state index is 0.0115. The number of methoxy groups -OCH3 is 1. The van der Waals surface area contributed by atoms with Gasteiger partial charge in [-0.3, -0.25) is 14.4 Å². The molecule has 4 rings (SSSR count). The molecule has 0 saturated heterocycles. The van der Waals surface area contributed by atoms with E-state index in [9.17, 15) is 18.8 Å². The highest BCUT2D eigenvalue weighted by molar-refractivity contribution is 6.08. The van der Waals surface area contributed by atoms with E-state index >= 15 is 0 Å². The fourth-order valence-electron chi connectivity index (χ4n) is 5.05. The van der Waals surface area contributed by atoms with Gasteiger partial charge in [-0.25, -0.2) is 4.39 Å². The lowest BCUT2D eigenvalue weighted by Gasteiger charge is -2.19. The molecular formula is C25H24FN3O4. The van der Waals surface area contributed by atoms with Crippen molar-refractivity contribution in [2.45, 2.75) is 38.6 Å². The standard InChI is InChI=1S/C25H24FN3O4/c1-15(17-6-4-16(13-27)5-7-17)28-21(30)19-12-18(26)8-9-20(19)29-22(31)24-10-3-11-25(24,14-24)23(32)33-2/h4-9,12,15H,3,10-11,14H2,1-2H3,(H,28,30)(H,29,31). The molecule has 0 aliphatic heterocycles. The molecule has 0 bridgehead atoms. The van der Waals surface area contributed by atoms with Crippen LogP contribution < -0.4 is 10.6 Å². The summed E-state index contributed by atoms with van der Waals surface area (Å²) in [5.74, 6) is -1.91. The fourth-order valence-corrected chi connectivity index (χ4v) is 5.05. The van der Waals surface area contributed by atoms with Crippen LogP contribution in [0, 0.1) is 28.0 Å². The quantitative estimate of drug-likeness (QED) is 0.651. The number of rotatable bonds is 6. The van der Waals surface area contributed by atoms with Gasteiger partial charge in [0.1, 0.15) is 5.82 Å². The van der Waals surface area contributed by atoms with Crippen LogP contribution in [0.5, 0.6) is 0 Å². The Balaban J connectivity index is 1.53. The van der Waals surface area contributed by atoms with E-state index in [1.165, 1.54) is 19.2 Å². The predicted octanol–water partition coefficient (Wildman–Crippen LogP) is 3.86. The SMILES string of the molecule is COC(=O)C12CCCC1(C(=O)Nc1ccc(F)cc1C(=O)NC(C)c1ccc(C#N)cc1)C2. The van der Waals surface area contributed by atoms with Crippen molar-refractivity contribution >= 4 is 23.5 Å². The molecule has 2 aliphatic rings. The summed E-state index contributed by atoms with van der Waals surface area (Å²) in [6, 6.07) is 12.0. The van der Waals surface area contributed by atoms with E-state index in [2.05, 4.69) is 10.6 Å². The summed E-state index contributed by atoms with van der Waals surface area (Å²) in [6.45, 7) is 1.77. The number of fused-ring (bicyclic) bond motifs is 1. The number of benzene rings is 2. The summed E-state index contributed by atoms with van der Waals surface area (Å²) >= 11 is 0. The van der Waals surface area contributed by atoms with Crippen LogP contribution in [0.4, 0.5) is 10.1 Å². The van der Waals surface area contributed by atoms with E-state index in [0.717, 1.165) is 18.1 Å². The second-order valence-corrected chi connectivity index (χ2v) is 8.76. The maximum atomic E-state index is 14.0. The Morgan fingerprint density at radius 1 is 1.12 bits per heavy atom. The first-order chi connectivity index (χ1) is 15.8. The summed E-state index contributed by atoms with van der Waals surface area (Å²) in [7, 11) is 1.31. The molecule has 2 saturated carbocycles. The highest BCUT2D eigenvalue weighted by Gasteiger charge is 2.78. The monoisotopic (exact) mass is 449 g/mol. The minimum atomic E-state index is -0.849. The number of nitrogens with zero attached hydrogens (tertiary/aromatic N) is 1. The van der Waals surface area contributed by atoms with Gasteiger partial charge in [0.15, 0.2) is 0 Å². The second kappa shape index (κ2) is 8.32. The van der Waals surface area contributed by atoms with E-state index in [1.807, 2.05) is 6.07 Å². The number of hydrogen-bond acceptors (Lipinski definition) is 5. The summed E-state index contributed by atoms with van der Waals surface area (Å²) in [5.41, 5.74) is -0.214. The van der Waals surface area contributed by atoms with Crippen LogP contribution in [0.2, 0.25) is 0 Å². The first kappa shape index (κ1) is 22.5. The van der Waals surface area contributed by atoms with Crippen molar-refractivity contribution in [3.63, 3.8) is 0 Å². The Bertz CT molecular complexity index is 1170. The predicted molar refractivity (Wildman–Crippen MR) is 117 cm³/mol. The van der Waals surface area contributed by atoms with Gasteiger partial charge in [-0.05, 0) is 62.1 Å². The Kier molecular flexibility index (Phi) is 5.66. The highest BCUT2D eigenvalue weighted by Crippen LogP contribution is 2.74. The summed E-state index contributed by atoms with van der Waals surface area (Å²) in [5, 5.41) is 14.5. The van der Waals surface area contributed by atoms with E-state index < -0.39 is 28.6 Å². The highest BCUT2D eigenvalue weighted by atomic mass is 19.1. The Morgan fingerprint density at radius 2 is 1.82 bits per heavy atom. The summed E-state index contributed by atoms with van der Waals surface area (Å²) in [4.78, 5) is 38.5. The van der Waals surface area contributed by atoms with Gasteiger partial charge in [-0.15, -0.1) is 0 Å². The lowest BCUT2D eigenvalue weighted by atomic mass is 9.95. The van der Waals surface area contributed by atoms with Crippen LogP contribution in [0.25, 0.3) is 0 Å². The molecule has 2 amide bonds. The van der Waals surface area contributed by atoms with Crippen LogP contribution in [0.15, 0.2) is 42.5 Å². The molecule has 0 radical (unpaired) electrons. The smallest absolute Gasteiger partial charge is 0.312 e. The van der Waals surface area contributed by atoms with Crippen molar-refractivity contribution in [1.82, 2.24) is 5.32 Å². The second-order valence-electron chi connectivity index (χ2n) is 8.76. The number of amides is 2. The molecule has 2 aromatic rings. The molecule has 2 aromatic carbocycles. The maximum absolute atomic E-state index is 14.0. The fraction of sp³-hybridized carbons (Fsp3) is 0.360. The molecule has 2 aliphatic carbocycles. The third-order valence-electron chi connectivity index (χ3n) is 6.97. The zero-order valence-electron chi connectivity index (χ0n) is 18.4. The van der Waals surface area contributed by atoms with Crippen LogP contribution in [-0.4, -0.2) is 24.9 Å². The normalized spacial score (nSPS) is 23.6. The van der Waals surface area contributed by atoms with Crippen molar-refractivity contribution in [1.29, 1.82) is 5.26 Å². The molecule has 0 aromatic heterocycles. The Labute approximate surface area is 190 Å². The first-order valence-corrected chi connectivity index (χ1v) is 10.8. The number of nitriles is 1. The van der Waals surface area contributed by atoms with Gasteiger partial charge < -0.3 is 15.4 Å². The van der Waals surface area contributed by atoms with E-state index in [1.54, 1.807) is 31.2 Å². The van der Waals surface area contributed by atoms with Crippen LogP contribution >= 0.6 is 0 Å². The van der Waals surface area contributed by atoms with Crippen LogP contribution in [0.3, 0.4) is 0 Å². The maximum Gasteiger partial charge on any atom is 0.312 e. The third-order valence-corrected chi connectivity index (χ3v) is 6.97. The molecule has 0 spiro atoms. The molecule has 2 N–H and O–H groups in total. The van der Waals surface area contributed by atoms with Gasteiger partial charge in [0.2, 0.25) is 5.91 Å². The molecule has 8 heteroatoms. The van der Waals surface area contributed by atoms with E-state index in [-0.39, 0.29) is 23.1 Å². The van der Waals surface area contributed by atoms with Crippen molar-refractivity contribution < 1.29 is 23.5 Å². The zero-order valence-corrected chi connectivity index (χ0v) is 18.4. The molecule has 7 nitrogen and oxygen atoms in total. The Morgan fingerprint density at radius 3 is 2.48 bits per heavy atom. The average Bonchev–Trinajstić information content (AvgIpc) is 3.35. The number of esters is 1. The number of halogens is 1. The number of anilines is 1. The minimum Gasteiger partial charge on any atom is -0.469 e. The topological polar surface area (TPSA) is 108 Å². The van der Waals surface area contributed by atoms with Crippen molar-refractivity contribution in [3.05, 3.63) is 65.0 Å². The zero-order chi connectivity index (χ0) is 23.8. The molecular weight excluding hydrogens is 425 g/mol. The number of carbonyl (C=O) groups is 3. The van der Waals surface area contributed by atoms with Crippen molar-refractivity contribution in [2.24, 2.45) is 10.8 Å². The van der Waals surface area contributed by atoms with Crippen LogP contribution in [-0.2, 0) is 14.3 Å². The average molecular weight is 449 g/mol. The molecule has 0 heterocycles. The van der Waals surface area contributed by atoms with Gasteiger partial charge in [0.05, 0.1) is 46.9 Å². The lowest BCUT2D eigenvalue weighted by molar-refractivity contribution is -0.149. The van der Waals surface area contributed by atoms with Gasteiger partial charge in [0.25, 0.3) is 5.91 Å². The molecule has 2 fully saturated rings. The largest absolute Gasteiger partial charge is 0.469 e. The van der Waals surface area contributed by atoms with Gasteiger partial charge in [-0.2, -0.15) is 5.26 Å². The summed E-state index contributed by atoms with van der Waals surface area (Å²) < 4.78 is 18.9. The van der Waals surface area contributed by atoms with E-state index in [0.29, 0.717) is 24.8 Å².